The van der Waals surface area contributed by atoms with Crippen LogP contribution in [-0.2, 0) is 33.6 Å². The Morgan fingerprint density at radius 3 is 1.62 bits per heavy atom. The second-order valence-corrected chi connectivity index (χ2v) is 7.83. The van der Waals surface area contributed by atoms with Crippen molar-refractivity contribution in [3.05, 3.63) is 0 Å². The first kappa shape index (κ1) is 30.2. The van der Waals surface area contributed by atoms with Crippen LogP contribution in [0.4, 0.5) is 0 Å². The molecule has 0 bridgehead atoms. The van der Waals surface area contributed by atoms with E-state index in [1.165, 1.54) is 13.8 Å². The summed E-state index contributed by atoms with van der Waals surface area (Å²) >= 11 is 0. The van der Waals surface area contributed by atoms with Gasteiger partial charge in [-0.05, 0) is 18.8 Å². The van der Waals surface area contributed by atoms with Gasteiger partial charge in [0, 0.05) is 12.8 Å². The van der Waals surface area contributed by atoms with Crippen LogP contribution in [0.15, 0.2) is 0 Å². The van der Waals surface area contributed by atoms with Crippen molar-refractivity contribution < 1.29 is 48.9 Å². The molecule has 0 aliphatic carbocycles. The van der Waals surface area contributed by atoms with Crippen molar-refractivity contribution in [1.82, 2.24) is 16.0 Å². The molecule has 10 N–H and O–H groups in total. The molecule has 0 aliphatic rings. The molecule has 4 atom stereocenters. The summed E-state index contributed by atoms with van der Waals surface area (Å²) in [5, 5.41) is 33.6. The monoisotopic (exact) mass is 489 g/mol. The molecule has 4 unspecified atom stereocenters. The molecule has 15 nitrogen and oxygen atoms in total. The van der Waals surface area contributed by atoms with E-state index in [0.717, 1.165) is 0 Å². The Bertz CT molecular complexity index is 800. The molecule has 4 amide bonds. The highest BCUT2D eigenvalue weighted by atomic mass is 16.4. The summed E-state index contributed by atoms with van der Waals surface area (Å²) in [6.07, 6.45) is -2.35. The molecule has 0 aromatic carbocycles. The number of amides is 4. The van der Waals surface area contributed by atoms with Gasteiger partial charge in [-0.25, -0.2) is 4.79 Å². The topological polar surface area (TPSA) is 268 Å². The fourth-order valence-electron chi connectivity index (χ4n) is 2.70. The Kier molecular flexibility index (Phi) is 12.8. The maximum Gasteiger partial charge on any atom is 0.326 e. The SMILES string of the molecule is CC(C)C(NC(=O)C(CCC(=O)O)NC(=O)C(N)CC(N)=O)C(=O)NC(CCC(=O)O)C(=O)O. The van der Waals surface area contributed by atoms with E-state index in [1.807, 2.05) is 0 Å². The van der Waals surface area contributed by atoms with Gasteiger partial charge < -0.3 is 42.7 Å². The third kappa shape index (κ3) is 11.8. The quantitative estimate of drug-likeness (QED) is 0.109. The van der Waals surface area contributed by atoms with Crippen LogP contribution in [0.25, 0.3) is 0 Å². The molecule has 0 spiro atoms. The minimum Gasteiger partial charge on any atom is -0.481 e. The van der Waals surface area contributed by atoms with E-state index >= 15 is 0 Å². The summed E-state index contributed by atoms with van der Waals surface area (Å²) in [4.78, 5) is 81.5. The summed E-state index contributed by atoms with van der Waals surface area (Å²) in [5.74, 6) is -8.28. The Morgan fingerprint density at radius 2 is 1.21 bits per heavy atom. The number of aliphatic carboxylic acids is 3. The van der Waals surface area contributed by atoms with Gasteiger partial charge >= 0.3 is 17.9 Å². The molecular weight excluding hydrogens is 458 g/mol. The van der Waals surface area contributed by atoms with Crippen LogP contribution in [0.5, 0.6) is 0 Å². The van der Waals surface area contributed by atoms with Crippen molar-refractivity contribution in [2.24, 2.45) is 17.4 Å². The molecule has 34 heavy (non-hydrogen) atoms. The molecule has 0 aromatic heterocycles. The third-order valence-corrected chi connectivity index (χ3v) is 4.55. The van der Waals surface area contributed by atoms with E-state index in [1.54, 1.807) is 0 Å². The maximum absolute atomic E-state index is 12.8. The zero-order valence-corrected chi connectivity index (χ0v) is 18.8. The van der Waals surface area contributed by atoms with E-state index in [4.69, 9.17) is 21.7 Å². The summed E-state index contributed by atoms with van der Waals surface area (Å²) in [5.41, 5.74) is 10.5. The van der Waals surface area contributed by atoms with Gasteiger partial charge in [0.2, 0.25) is 23.6 Å². The molecule has 0 rings (SSSR count). The Labute approximate surface area is 194 Å². The van der Waals surface area contributed by atoms with Gasteiger partial charge in [-0.2, -0.15) is 0 Å². The molecule has 0 aromatic rings. The smallest absolute Gasteiger partial charge is 0.326 e. The van der Waals surface area contributed by atoms with Crippen LogP contribution < -0.4 is 27.4 Å². The summed E-state index contributed by atoms with van der Waals surface area (Å²) in [6, 6.07) is -5.68. The third-order valence-electron chi connectivity index (χ3n) is 4.55. The summed E-state index contributed by atoms with van der Waals surface area (Å²) in [7, 11) is 0. The lowest BCUT2D eigenvalue weighted by atomic mass is 10.0. The second kappa shape index (κ2) is 14.4. The number of carbonyl (C=O) groups excluding carboxylic acids is 4. The first-order valence-electron chi connectivity index (χ1n) is 10.3. The maximum atomic E-state index is 12.8. The highest BCUT2D eigenvalue weighted by Gasteiger charge is 2.32. The van der Waals surface area contributed by atoms with E-state index in [-0.39, 0.29) is 6.42 Å². The lowest BCUT2D eigenvalue weighted by Crippen LogP contribution is -2.58. The lowest BCUT2D eigenvalue weighted by Gasteiger charge is -2.27. The summed E-state index contributed by atoms with van der Waals surface area (Å²) in [6.45, 7) is 3.07. The molecule has 0 radical (unpaired) electrons. The highest BCUT2D eigenvalue weighted by Crippen LogP contribution is 2.07. The molecular formula is C19H31N5O10. The van der Waals surface area contributed by atoms with Gasteiger partial charge in [0.05, 0.1) is 12.5 Å². The molecule has 15 heteroatoms. The Morgan fingerprint density at radius 1 is 0.735 bits per heavy atom. The zero-order valence-electron chi connectivity index (χ0n) is 18.8. The van der Waals surface area contributed by atoms with Gasteiger partial charge in [0.15, 0.2) is 0 Å². The fourth-order valence-corrected chi connectivity index (χ4v) is 2.70. The van der Waals surface area contributed by atoms with Crippen molar-refractivity contribution >= 4 is 41.5 Å². The fraction of sp³-hybridized carbons (Fsp3) is 0.632. The van der Waals surface area contributed by atoms with Crippen LogP contribution in [0.2, 0.25) is 0 Å². The first-order valence-corrected chi connectivity index (χ1v) is 10.3. The van der Waals surface area contributed by atoms with Gasteiger partial charge in [0.25, 0.3) is 0 Å². The van der Waals surface area contributed by atoms with Crippen LogP contribution in [0.3, 0.4) is 0 Å². The molecule has 0 saturated carbocycles. The Hall–Kier alpha value is -3.75. The number of nitrogens with one attached hydrogen (secondary N) is 3. The number of primary amides is 1. The molecule has 0 saturated heterocycles. The molecule has 0 fully saturated rings. The number of nitrogens with two attached hydrogens (primary N) is 2. The average Bonchev–Trinajstić information content (AvgIpc) is 2.70. The lowest BCUT2D eigenvalue weighted by molar-refractivity contribution is -0.143. The van der Waals surface area contributed by atoms with Crippen molar-refractivity contribution in [1.29, 1.82) is 0 Å². The number of rotatable bonds is 16. The minimum atomic E-state index is -1.53. The number of carboxylic acids is 3. The van der Waals surface area contributed by atoms with E-state index in [9.17, 15) is 38.7 Å². The van der Waals surface area contributed by atoms with E-state index in [2.05, 4.69) is 16.0 Å². The number of hydrogen-bond donors (Lipinski definition) is 8. The van der Waals surface area contributed by atoms with Gasteiger partial charge in [0.1, 0.15) is 18.1 Å². The largest absolute Gasteiger partial charge is 0.481 e. The normalized spacial score (nSPS) is 14.2. The number of carboxylic acid groups (broad SMARTS) is 3. The molecule has 0 heterocycles. The highest BCUT2D eigenvalue weighted by molar-refractivity contribution is 5.95. The standard InChI is InChI=1S/C19H31N5O10/c1-8(2)15(18(32)23-11(19(33)34)4-6-14(28)29)24-17(31)10(3-5-13(26)27)22-16(30)9(20)7-12(21)25/h8-11,15H,3-7,20H2,1-2H3,(H2,21,25)(H,22,30)(H,23,32)(H,24,31)(H,26,27)(H,28,29)(H,33,34). The van der Waals surface area contributed by atoms with Crippen LogP contribution in [-0.4, -0.2) is 81.0 Å². The van der Waals surface area contributed by atoms with Crippen molar-refractivity contribution in [3.63, 3.8) is 0 Å². The van der Waals surface area contributed by atoms with Crippen molar-refractivity contribution in [2.75, 3.05) is 0 Å². The number of carbonyl (C=O) groups is 7. The minimum absolute atomic E-state index is 0.376. The molecule has 0 aliphatic heterocycles. The van der Waals surface area contributed by atoms with Crippen molar-refractivity contribution in [2.45, 2.75) is 70.1 Å². The second-order valence-electron chi connectivity index (χ2n) is 7.83. The van der Waals surface area contributed by atoms with Crippen LogP contribution in [0.1, 0.15) is 46.0 Å². The predicted molar refractivity (Wildman–Crippen MR) is 114 cm³/mol. The zero-order chi connectivity index (χ0) is 26.6. The predicted octanol–water partition coefficient (Wildman–Crippen LogP) is -2.89. The average molecular weight is 489 g/mol. The number of hydrogen-bond acceptors (Lipinski definition) is 8. The van der Waals surface area contributed by atoms with Gasteiger partial charge in [-0.15, -0.1) is 0 Å². The molecule has 192 valence electrons. The van der Waals surface area contributed by atoms with Crippen LogP contribution in [0, 0.1) is 5.92 Å². The summed E-state index contributed by atoms with van der Waals surface area (Å²) < 4.78 is 0. The van der Waals surface area contributed by atoms with E-state index in [0.29, 0.717) is 0 Å². The van der Waals surface area contributed by atoms with Crippen molar-refractivity contribution in [3.8, 4) is 0 Å². The van der Waals surface area contributed by atoms with Crippen LogP contribution >= 0.6 is 0 Å². The Balaban J connectivity index is 5.50. The van der Waals surface area contributed by atoms with E-state index < -0.39 is 97.3 Å². The van der Waals surface area contributed by atoms with Gasteiger partial charge in [-0.1, -0.05) is 13.8 Å². The first-order chi connectivity index (χ1) is 15.6. The van der Waals surface area contributed by atoms with Gasteiger partial charge in [-0.3, -0.25) is 28.8 Å².